The van der Waals surface area contributed by atoms with Crippen molar-refractivity contribution in [3.8, 4) is 5.75 Å². The number of carbonyl (C=O) groups is 2. The third kappa shape index (κ3) is 4.10. The fraction of sp³-hybridized carbons (Fsp3) is 0.222. The lowest BCUT2D eigenvalue weighted by molar-refractivity contribution is -0.123. The molecule has 1 amide bonds. The highest BCUT2D eigenvalue weighted by Crippen LogP contribution is 2.22. The molecule has 0 aliphatic rings. The molecule has 2 aromatic rings. The van der Waals surface area contributed by atoms with E-state index in [0.29, 0.717) is 11.3 Å². The first kappa shape index (κ1) is 16.5. The number of anilines is 1. The summed E-state index contributed by atoms with van der Waals surface area (Å²) in [6.45, 7) is 5.11. The van der Waals surface area contributed by atoms with Gasteiger partial charge in [0.25, 0.3) is 5.91 Å². The van der Waals surface area contributed by atoms with Crippen LogP contribution in [-0.2, 0) is 9.53 Å². The molecule has 0 radical (unpaired) electrons. The van der Waals surface area contributed by atoms with E-state index in [0.717, 1.165) is 5.56 Å². The zero-order valence-electron chi connectivity index (χ0n) is 13.3. The molecule has 5 heteroatoms. The number of aryl methyl sites for hydroxylation is 2. The Morgan fingerprint density at radius 2 is 1.74 bits per heavy atom. The number of hydrogen-bond acceptors (Lipinski definition) is 4. The van der Waals surface area contributed by atoms with Crippen LogP contribution in [0.1, 0.15) is 28.4 Å². The summed E-state index contributed by atoms with van der Waals surface area (Å²) in [6.07, 6.45) is -0.983. The van der Waals surface area contributed by atoms with Crippen LogP contribution in [0.4, 0.5) is 5.69 Å². The summed E-state index contributed by atoms with van der Waals surface area (Å²) in [5.41, 5.74) is 2.32. The molecule has 0 aliphatic carbocycles. The lowest BCUT2D eigenvalue weighted by Gasteiger charge is -2.14. The number of hydrogen-bond donors (Lipinski definition) is 2. The Labute approximate surface area is 134 Å². The molecule has 0 saturated carbocycles. The van der Waals surface area contributed by atoms with Crippen LogP contribution in [0.5, 0.6) is 5.75 Å². The van der Waals surface area contributed by atoms with Crippen molar-refractivity contribution in [3.05, 3.63) is 59.2 Å². The van der Waals surface area contributed by atoms with Gasteiger partial charge in [-0.3, -0.25) is 4.79 Å². The number of carbonyl (C=O) groups excluding carboxylic acids is 2. The Morgan fingerprint density at radius 1 is 1.09 bits per heavy atom. The molecule has 23 heavy (non-hydrogen) atoms. The van der Waals surface area contributed by atoms with Gasteiger partial charge >= 0.3 is 5.97 Å². The molecular formula is C18H19NO4. The number of phenolic OH excluding ortho intramolecular Hbond substituents is 1. The van der Waals surface area contributed by atoms with Gasteiger partial charge in [0.2, 0.25) is 0 Å². The van der Waals surface area contributed by atoms with Gasteiger partial charge in [-0.2, -0.15) is 0 Å². The second kappa shape index (κ2) is 6.96. The van der Waals surface area contributed by atoms with Crippen LogP contribution in [0, 0.1) is 13.8 Å². The highest BCUT2D eigenvalue weighted by atomic mass is 16.5. The maximum atomic E-state index is 12.1. The van der Waals surface area contributed by atoms with Crippen LogP contribution in [0.15, 0.2) is 42.5 Å². The normalized spacial score (nSPS) is 11.6. The average molecular weight is 313 g/mol. The second-order valence-electron chi connectivity index (χ2n) is 5.37. The second-order valence-corrected chi connectivity index (χ2v) is 5.37. The molecule has 2 rings (SSSR count). The zero-order valence-corrected chi connectivity index (χ0v) is 13.3. The monoisotopic (exact) mass is 313 g/mol. The first-order chi connectivity index (χ1) is 10.9. The topological polar surface area (TPSA) is 75.6 Å². The maximum absolute atomic E-state index is 12.1. The van der Waals surface area contributed by atoms with Crippen LogP contribution in [0.3, 0.4) is 0 Å². The predicted molar refractivity (Wildman–Crippen MR) is 87.5 cm³/mol. The molecule has 120 valence electrons. The summed E-state index contributed by atoms with van der Waals surface area (Å²) in [7, 11) is 0. The van der Waals surface area contributed by atoms with Crippen LogP contribution in [-0.4, -0.2) is 23.1 Å². The van der Waals surface area contributed by atoms with Gasteiger partial charge in [0.05, 0.1) is 0 Å². The lowest BCUT2D eigenvalue weighted by Crippen LogP contribution is -2.30. The van der Waals surface area contributed by atoms with Gasteiger partial charge in [0.15, 0.2) is 6.10 Å². The molecule has 1 atom stereocenters. The largest absolute Gasteiger partial charge is 0.507 e. The van der Waals surface area contributed by atoms with Crippen LogP contribution in [0.25, 0.3) is 0 Å². The Hall–Kier alpha value is -2.82. The molecule has 0 unspecified atom stereocenters. The van der Waals surface area contributed by atoms with Gasteiger partial charge in [-0.15, -0.1) is 0 Å². The van der Waals surface area contributed by atoms with Gasteiger partial charge in [0, 0.05) is 5.69 Å². The van der Waals surface area contributed by atoms with E-state index in [9.17, 15) is 14.7 Å². The van der Waals surface area contributed by atoms with Crippen molar-refractivity contribution in [1.82, 2.24) is 0 Å². The van der Waals surface area contributed by atoms with Crippen LogP contribution < -0.4 is 5.32 Å². The number of amides is 1. The van der Waals surface area contributed by atoms with Gasteiger partial charge < -0.3 is 15.2 Å². The van der Waals surface area contributed by atoms with Crippen molar-refractivity contribution < 1.29 is 19.4 Å². The lowest BCUT2D eigenvalue weighted by atomic mass is 10.1. The number of rotatable bonds is 4. The van der Waals surface area contributed by atoms with E-state index in [2.05, 4.69) is 5.32 Å². The first-order valence-corrected chi connectivity index (χ1v) is 7.25. The minimum Gasteiger partial charge on any atom is -0.507 e. The molecule has 0 fully saturated rings. The minimum absolute atomic E-state index is 0.0417. The highest BCUT2D eigenvalue weighted by molar-refractivity contribution is 5.98. The van der Waals surface area contributed by atoms with Crippen molar-refractivity contribution in [2.45, 2.75) is 26.9 Å². The van der Waals surface area contributed by atoms with Crippen molar-refractivity contribution in [2.24, 2.45) is 0 Å². The number of ether oxygens (including phenoxy) is 1. The molecule has 0 aromatic heterocycles. The molecular weight excluding hydrogens is 294 g/mol. The van der Waals surface area contributed by atoms with E-state index in [1.807, 2.05) is 19.1 Å². The number of benzene rings is 2. The highest BCUT2D eigenvalue weighted by Gasteiger charge is 2.21. The predicted octanol–water partition coefficient (Wildman–Crippen LogP) is 3.19. The van der Waals surface area contributed by atoms with E-state index < -0.39 is 18.0 Å². The van der Waals surface area contributed by atoms with E-state index in [4.69, 9.17) is 4.74 Å². The van der Waals surface area contributed by atoms with E-state index in [-0.39, 0.29) is 11.3 Å². The Morgan fingerprint density at radius 3 is 2.39 bits per heavy atom. The summed E-state index contributed by atoms with van der Waals surface area (Å²) >= 11 is 0. The van der Waals surface area contributed by atoms with Crippen LogP contribution in [0.2, 0.25) is 0 Å². The molecule has 5 nitrogen and oxygen atoms in total. The SMILES string of the molecule is Cc1ccc(NC(=O)[C@@H](C)OC(=O)c2cccc(C)c2O)cc1. The third-order valence-corrected chi connectivity index (χ3v) is 3.43. The summed E-state index contributed by atoms with van der Waals surface area (Å²) in [5.74, 6) is -1.31. The molecule has 0 aliphatic heterocycles. The molecule has 2 N–H and O–H groups in total. The number of esters is 1. The maximum Gasteiger partial charge on any atom is 0.342 e. The fourth-order valence-electron chi connectivity index (χ4n) is 1.98. The van der Waals surface area contributed by atoms with Crippen molar-refractivity contribution >= 4 is 17.6 Å². The van der Waals surface area contributed by atoms with Gasteiger partial charge in [-0.05, 0) is 44.5 Å². The Kier molecular flexibility index (Phi) is 5.01. The summed E-state index contributed by atoms with van der Waals surface area (Å²) in [4.78, 5) is 24.1. The molecule has 0 spiro atoms. The van der Waals surface area contributed by atoms with Gasteiger partial charge in [-0.25, -0.2) is 4.79 Å². The minimum atomic E-state index is -0.983. The first-order valence-electron chi connectivity index (χ1n) is 7.25. The van der Waals surface area contributed by atoms with Gasteiger partial charge in [0.1, 0.15) is 11.3 Å². The summed E-state index contributed by atoms with van der Waals surface area (Å²) < 4.78 is 5.12. The number of phenols is 1. The molecule has 2 aromatic carbocycles. The molecule has 0 heterocycles. The van der Waals surface area contributed by atoms with Gasteiger partial charge in [-0.1, -0.05) is 29.8 Å². The quantitative estimate of drug-likeness (QED) is 0.850. The van der Waals surface area contributed by atoms with E-state index in [1.165, 1.54) is 13.0 Å². The zero-order chi connectivity index (χ0) is 17.0. The van der Waals surface area contributed by atoms with E-state index in [1.54, 1.807) is 31.2 Å². The van der Waals surface area contributed by atoms with Crippen molar-refractivity contribution in [1.29, 1.82) is 0 Å². The summed E-state index contributed by atoms with van der Waals surface area (Å²) in [6, 6.07) is 12.1. The Bertz CT molecular complexity index is 722. The smallest absolute Gasteiger partial charge is 0.342 e. The van der Waals surface area contributed by atoms with Crippen molar-refractivity contribution in [3.63, 3.8) is 0 Å². The average Bonchev–Trinajstić information content (AvgIpc) is 2.52. The third-order valence-electron chi connectivity index (χ3n) is 3.43. The molecule has 0 saturated heterocycles. The standard InChI is InChI=1S/C18H19NO4/c1-11-7-9-14(10-8-11)19-17(21)13(3)23-18(22)15-6-4-5-12(2)16(15)20/h4-10,13,20H,1-3H3,(H,19,21)/t13-/m1/s1. The van der Waals surface area contributed by atoms with E-state index >= 15 is 0 Å². The number of para-hydroxylation sites is 1. The number of aromatic hydroxyl groups is 1. The van der Waals surface area contributed by atoms with Crippen molar-refractivity contribution in [2.75, 3.05) is 5.32 Å². The molecule has 0 bridgehead atoms. The fourth-order valence-corrected chi connectivity index (χ4v) is 1.98. The summed E-state index contributed by atoms with van der Waals surface area (Å²) in [5, 5.41) is 12.6. The number of nitrogens with one attached hydrogen (secondary N) is 1. The van der Waals surface area contributed by atoms with Crippen LogP contribution >= 0.6 is 0 Å². The Balaban J connectivity index is 2.01.